The molecule has 0 saturated heterocycles. The lowest BCUT2D eigenvalue weighted by molar-refractivity contribution is 0.00973. The van der Waals surface area contributed by atoms with Crippen molar-refractivity contribution < 1.29 is 18.4 Å². The van der Waals surface area contributed by atoms with Crippen molar-refractivity contribution in [3.8, 4) is 17.7 Å². The highest BCUT2D eigenvalue weighted by atomic mass is 19.1. The van der Waals surface area contributed by atoms with Gasteiger partial charge in [0.05, 0.1) is 17.6 Å². The summed E-state index contributed by atoms with van der Waals surface area (Å²) in [5, 5.41) is 13.5. The van der Waals surface area contributed by atoms with Gasteiger partial charge in [-0.05, 0) is 26.0 Å². The standard InChI is InChI=1S/C20H19FN6O4/c1-20(2,30-4)19-24-17(31-25-19)14-16-18(28)26(7-8-29-3)15-11(9-22)12(21)5-6-13(15)27(16)10-23-14/h5-6,10H,7-8H2,1-4H3. The summed E-state index contributed by atoms with van der Waals surface area (Å²) < 4.78 is 32.9. The second kappa shape index (κ2) is 7.57. The largest absolute Gasteiger partial charge is 0.383 e. The van der Waals surface area contributed by atoms with Gasteiger partial charge in [0, 0.05) is 20.8 Å². The third-order valence-corrected chi connectivity index (χ3v) is 5.16. The molecule has 0 N–H and O–H groups in total. The van der Waals surface area contributed by atoms with E-state index in [2.05, 4.69) is 15.1 Å². The lowest BCUT2D eigenvalue weighted by Crippen LogP contribution is -2.26. The Morgan fingerprint density at radius 2 is 2.06 bits per heavy atom. The zero-order chi connectivity index (χ0) is 22.3. The molecule has 3 heterocycles. The first kappa shape index (κ1) is 20.6. The topological polar surface area (TPSA) is 120 Å². The molecule has 0 fully saturated rings. The van der Waals surface area contributed by atoms with Crippen LogP contribution in [0.2, 0.25) is 0 Å². The maximum absolute atomic E-state index is 14.3. The van der Waals surface area contributed by atoms with E-state index in [1.165, 1.54) is 41.6 Å². The van der Waals surface area contributed by atoms with Gasteiger partial charge in [0.1, 0.15) is 34.9 Å². The van der Waals surface area contributed by atoms with Crippen molar-refractivity contribution in [3.63, 3.8) is 0 Å². The fourth-order valence-electron chi connectivity index (χ4n) is 3.30. The zero-order valence-electron chi connectivity index (χ0n) is 17.3. The van der Waals surface area contributed by atoms with Crippen molar-refractivity contribution in [2.45, 2.75) is 26.0 Å². The highest BCUT2D eigenvalue weighted by Crippen LogP contribution is 2.28. The molecule has 4 aromatic rings. The molecule has 4 rings (SSSR count). The number of fused-ring (bicyclic) bond motifs is 3. The first-order chi connectivity index (χ1) is 14.8. The average molecular weight is 426 g/mol. The van der Waals surface area contributed by atoms with Crippen LogP contribution in [-0.4, -0.2) is 44.9 Å². The van der Waals surface area contributed by atoms with Crippen LogP contribution < -0.4 is 5.56 Å². The second-order valence-electron chi connectivity index (χ2n) is 7.30. The molecule has 0 atom stereocenters. The molecule has 0 aliphatic heterocycles. The maximum Gasteiger partial charge on any atom is 0.279 e. The third kappa shape index (κ3) is 3.17. The number of methoxy groups -OCH3 is 2. The van der Waals surface area contributed by atoms with Gasteiger partial charge in [0.2, 0.25) is 5.82 Å². The minimum absolute atomic E-state index is 0.0417. The van der Waals surface area contributed by atoms with Crippen molar-refractivity contribution in [1.29, 1.82) is 5.26 Å². The molecule has 1 aromatic carbocycles. The molecule has 0 bridgehead atoms. The van der Waals surface area contributed by atoms with E-state index in [1.807, 2.05) is 6.07 Å². The fourth-order valence-corrected chi connectivity index (χ4v) is 3.30. The summed E-state index contributed by atoms with van der Waals surface area (Å²) in [4.78, 5) is 22.1. The molecular formula is C20H19FN6O4. The normalized spacial score (nSPS) is 12.0. The fraction of sp³-hybridized carbons (Fsp3) is 0.350. The second-order valence-corrected chi connectivity index (χ2v) is 7.30. The van der Waals surface area contributed by atoms with E-state index < -0.39 is 17.0 Å². The molecule has 10 nitrogen and oxygen atoms in total. The van der Waals surface area contributed by atoms with E-state index in [-0.39, 0.29) is 41.3 Å². The molecule has 3 aromatic heterocycles. The summed E-state index contributed by atoms with van der Waals surface area (Å²) in [6.07, 6.45) is 1.40. The molecular weight excluding hydrogens is 407 g/mol. The van der Waals surface area contributed by atoms with Gasteiger partial charge in [-0.2, -0.15) is 10.2 Å². The van der Waals surface area contributed by atoms with Gasteiger partial charge in [0.15, 0.2) is 5.69 Å². The number of hydrogen-bond donors (Lipinski definition) is 0. The molecule has 0 spiro atoms. The van der Waals surface area contributed by atoms with Crippen LogP contribution in [-0.2, 0) is 21.6 Å². The lowest BCUT2D eigenvalue weighted by atomic mass is 10.1. The van der Waals surface area contributed by atoms with Gasteiger partial charge >= 0.3 is 0 Å². The molecule has 0 saturated carbocycles. The van der Waals surface area contributed by atoms with E-state index in [0.29, 0.717) is 11.3 Å². The number of nitrogens with zero attached hydrogens (tertiary/aromatic N) is 6. The number of benzene rings is 1. The van der Waals surface area contributed by atoms with Crippen molar-refractivity contribution >= 4 is 16.6 Å². The van der Waals surface area contributed by atoms with Gasteiger partial charge in [-0.1, -0.05) is 5.16 Å². The van der Waals surface area contributed by atoms with Gasteiger partial charge in [-0.15, -0.1) is 0 Å². The Hall–Kier alpha value is -3.62. The predicted octanol–water partition coefficient (Wildman–Crippen LogP) is 2.24. The Bertz CT molecular complexity index is 1390. The van der Waals surface area contributed by atoms with Crippen molar-refractivity contribution in [2.75, 3.05) is 20.8 Å². The Balaban J connectivity index is 2.06. The minimum atomic E-state index is -0.804. The van der Waals surface area contributed by atoms with Crippen LogP contribution in [0.3, 0.4) is 0 Å². The van der Waals surface area contributed by atoms with Gasteiger partial charge in [-0.3, -0.25) is 9.20 Å². The Labute approximate surface area is 175 Å². The van der Waals surface area contributed by atoms with Crippen LogP contribution in [0.15, 0.2) is 27.8 Å². The summed E-state index contributed by atoms with van der Waals surface area (Å²) in [6, 6.07) is 4.51. The molecule has 0 unspecified atom stereocenters. The van der Waals surface area contributed by atoms with E-state index in [1.54, 1.807) is 13.8 Å². The zero-order valence-corrected chi connectivity index (χ0v) is 17.3. The van der Waals surface area contributed by atoms with Crippen molar-refractivity contribution in [1.82, 2.24) is 24.1 Å². The number of aromatic nitrogens is 5. The smallest absolute Gasteiger partial charge is 0.279 e. The average Bonchev–Trinajstić information content (AvgIpc) is 3.41. The summed E-state index contributed by atoms with van der Waals surface area (Å²) in [6.45, 7) is 3.84. The number of rotatable bonds is 6. The van der Waals surface area contributed by atoms with Crippen molar-refractivity contribution in [3.05, 3.63) is 46.0 Å². The number of imidazole rings is 1. The molecule has 0 aliphatic rings. The van der Waals surface area contributed by atoms with Crippen LogP contribution in [0, 0.1) is 17.1 Å². The Morgan fingerprint density at radius 1 is 1.29 bits per heavy atom. The molecule has 160 valence electrons. The van der Waals surface area contributed by atoms with Crippen molar-refractivity contribution in [2.24, 2.45) is 0 Å². The van der Waals surface area contributed by atoms with Gasteiger partial charge < -0.3 is 18.6 Å². The summed E-state index contributed by atoms with van der Waals surface area (Å²) in [5.41, 5.74) is -0.611. The number of ether oxygens (including phenoxy) is 2. The van der Waals surface area contributed by atoms with Gasteiger partial charge in [0.25, 0.3) is 11.4 Å². The quantitative estimate of drug-likeness (QED) is 0.460. The molecule has 0 radical (unpaired) electrons. The summed E-state index contributed by atoms with van der Waals surface area (Å²) in [5.74, 6) is -0.385. The van der Waals surface area contributed by atoms with E-state index >= 15 is 0 Å². The first-order valence-electron chi connectivity index (χ1n) is 9.34. The van der Waals surface area contributed by atoms with E-state index in [9.17, 15) is 14.4 Å². The van der Waals surface area contributed by atoms with Gasteiger partial charge in [-0.25, -0.2) is 9.37 Å². The predicted molar refractivity (Wildman–Crippen MR) is 107 cm³/mol. The van der Waals surface area contributed by atoms with Crippen LogP contribution in [0.25, 0.3) is 28.1 Å². The number of nitriles is 1. The molecule has 0 amide bonds. The summed E-state index contributed by atoms with van der Waals surface area (Å²) >= 11 is 0. The third-order valence-electron chi connectivity index (χ3n) is 5.16. The Morgan fingerprint density at radius 3 is 2.74 bits per heavy atom. The highest BCUT2D eigenvalue weighted by Gasteiger charge is 2.29. The highest BCUT2D eigenvalue weighted by molar-refractivity contribution is 5.87. The molecule has 0 aliphatic carbocycles. The van der Waals surface area contributed by atoms with Crippen LogP contribution in [0.4, 0.5) is 4.39 Å². The number of hydrogen-bond acceptors (Lipinski definition) is 8. The molecule has 31 heavy (non-hydrogen) atoms. The summed E-state index contributed by atoms with van der Waals surface area (Å²) in [7, 11) is 3.01. The maximum atomic E-state index is 14.3. The number of halogens is 1. The van der Waals surface area contributed by atoms with Crippen LogP contribution in [0.5, 0.6) is 0 Å². The first-order valence-corrected chi connectivity index (χ1v) is 9.34. The van der Waals surface area contributed by atoms with Crippen LogP contribution in [0.1, 0.15) is 25.2 Å². The van der Waals surface area contributed by atoms with E-state index in [0.717, 1.165) is 0 Å². The Kier molecular flexibility index (Phi) is 5.04. The van der Waals surface area contributed by atoms with E-state index in [4.69, 9.17) is 14.0 Å². The molecule has 11 heteroatoms. The van der Waals surface area contributed by atoms with Crippen LogP contribution >= 0.6 is 0 Å². The minimum Gasteiger partial charge on any atom is -0.383 e. The SMILES string of the molecule is COCCn1c(=O)c2c(-c3nc(C(C)(C)OC)no3)ncn2c2ccc(F)c(C#N)c21. The lowest BCUT2D eigenvalue weighted by Gasteiger charge is -2.17. The monoisotopic (exact) mass is 426 g/mol.